The molecule has 8 amide bonds. The molecule has 436 valence electrons. The SMILES string of the molecule is CCC(C)CC(C)CCCCCCCCC(=O)N[C@H]1C[C@@H](O)[C@@H](O)NC(=O)[C@@H](CC)[C@@H](O)CCNC(=O)[C@H]([C@H](O)CC(N)=O)NC(=O)[C@H]([C@H](O)[C@@H](O)c2ccc(O)cc2)NC(=O)[C@@H]2C[C@@H](O)CN2C(=O)[C@H]([C@@H](C)O)NC1=O. The van der Waals surface area contributed by atoms with Crippen molar-refractivity contribution in [2.75, 3.05) is 13.1 Å². The van der Waals surface area contributed by atoms with Gasteiger partial charge in [-0.2, -0.15) is 0 Å². The number of hydrogen-bond donors (Lipinski definition) is 16. The van der Waals surface area contributed by atoms with E-state index in [0.29, 0.717) is 24.7 Å². The number of phenolic OH excluding ortho intramolecular Hbond substituents is 1. The third kappa shape index (κ3) is 21.0. The van der Waals surface area contributed by atoms with Crippen LogP contribution >= 0.6 is 0 Å². The highest BCUT2D eigenvalue weighted by Gasteiger charge is 2.46. The molecule has 16 atom stereocenters. The van der Waals surface area contributed by atoms with Gasteiger partial charge in [-0.15, -0.1) is 0 Å². The molecule has 0 aliphatic carbocycles. The van der Waals surface area contributed by atoms with Gasteiger partial charge in [-0.1, -0.05) is 84.8 Å². The number of fused-ring (bicyclic) bond motifs is 1. The molecule has 0 bridgehead atoms. The van der Waals surface area contributed by atoms with E-state index in [1.54, 1.807) is 0 Å². The fourth-order valence-electron chi connectivity index (χ4n) is 9.60. The van der Waals surface area contributed by atoms with Crippen LogP contribution in [-0.2, 0) is 38.4 Å². The minimum Gasteiger partial charge on any atom is -0.508 e. The zero-order valence-corrected chi connectivity index (χ0v) is 44.9. The number of primary amides is 1. The molecule has 2 fully saturated rings. The van der Waals surface area contributed by atoms with Gasteiger partial charge in [0, 0.05) is 32.4 Å². The number of carbonyl (C=O) groups is 8. The van der Waals surface area contributed by atoms with Crippen LogP contribution in [0.5, 0.6) is 5.75 Å². The number of unbranched alkanes of at least 4 members (excludes halogenated alkanes) is 5. The molecule has 2 unspecified atom stereocenters. The van der Waals surface area contributed by atoms with Gasteiger partial charge < -0.3 is 88.5 Å². The molecule has 0 spiro atoms. The van der Waals surface area contributed by atoms with Crippen LogP contribution in [0.3, 0.4) is 0 Å². The first-order valence-corrected chi connectivity index (χ1v) is 26.9. The van der Waals surface area contributed by atoms with Crippen LogP contribution < -0.4 is 37.6 Å². The van der Waals surface area contributed by atoms with E-state index in [-0.39, 0.29) is 30.6 Å². The first-order chi connectivity index (χ1) is 36.3. The lowest BCUT2D eigenvalue weighted by atomic mass is 9.91. The predicted octanol–water partition coefficient (Wildman–Crippen LogP) is -2.41. The Morgan fingerprint density at radius 3 is 1.95 bits per heavy atom. The van der Waals surface area contributed by atoms with Crippen molar-refractivity contribution in [3.8, 4) is 5.75 Å². The Hall–Kier alpha value is -5.54. The average Bonchev–Trinajstić information content (AvgIpc) is 3.77. The third-order valence-electron chi connectivity index (χ3n) is 14.4. The Morgan fingerprint density at radius 2 is 1.34 bits per heavy atom. The number of nitrogens with two attached hydrogens (primary N) is 1. The molecule has 2 aliphatic heterocycles. The molecule has 0 radical (unpaired) electrons. The Labute approximate surface area is 449 Å². The van der Waals surface area contributed by atoms with Crippen molar-refractivity contribution in [1.82, 2.24) is 36.8 Å². The maximum Gasteiger partial charge on any atom is 0.248 e. The second kappa shape index (κ2) is 32.4. The van der Waals surface area contributed by atoms with Crippen LogP contribution in [0.1, 0.15) is 143 Å². The maximum absolute atomic E-state index is 14.4. The van der Waals surface area contributed by atoms with Crippen molar-refractivity contribution in [2.45, 2.75) is 210 Å². The molecule has 17 N–H and O–H groups in total. The van der Waals surface area contributed by atoms with Gasteiger partial charge >= 0.3 is 0 Å². The smallest absolute Gasteiger partial charge is 0.248 e. The lowest BCUT2D eigenvalue weighted by Gasteiger charge is -2.33. The van der Waals surface area contributed by atoms with Crippen LogP contribution in [0, 0.1) is 17.8 Å². The van der Waals surface area contributed by atoms with Gasteiger partial charge in [0.2, 0.25) is 47.3 Å². The van der Waals surface area contributed by atoms with Crippen LogP contribution in [0.15, 0.2) is 24.3 Å². The summed E-state index contributed by atoms with van der Waals surface area (Å²) in [5, 5.41) is 113. The number of aliphatic hydroxyl groups is 8. The lowest BCUT2D eigenvalue weighted by Crippen LogP contribution is -2.64. The van der Waals surface area contributed by atoms with Gasteiger partial charge in [0.25, 0.3) is 0 Å². The van der Waals surface area contributed by atoms with Crippen LogP contribution in [0.25, 0.3) is 0 Å². The number of rotatable bonds is 21. The molecule has 1 aromatic rings. The summed E-state index contributed by atoms with van der Waals surface area (Å²) in [6, 6.07) is -5.16. The molecule has 0 aromatic heterocycles. The molecule has 25 heteroatoms. The first-order valence-electron chi connectivity index (χ1n) is 26.9. The highest BCUT2D eigenvalue weighted by molar-refractivity contribution is 5.97. The quantitative estimate of drug-likeness (QED) is 0.0570. The largest absolute Gasteiger partial charge is 0.508 e. The molecule has 1 aromatic carbocycles. The Kier molecular flexibility index (Phi) is 27.6. The summed E-state index contributed by atoms with van der Waals surface area (Å²) >= 11 is 0. The van der Waals surface area contributed by atoms with E-state index >= 15 is 0 Å². The predicted molar refractivity (Wildman–Crippen MR) is 277 cm³/mol. The maximum atomic E-state index is 14.4. The molecule has 77 heavy (non-hydrogen) atoms. The second-order valence-electron chi connectivity index (χ2n) is 20.9. The number of aromatic hydroxyl groups is 1. The Balaban J connectivity index is 2.00. The monoisotopic (exact) mass is 1090 g/mol. The third-order valence-corrected chi connectivity index (χ3v) is 14.4. The summed E-state index contributed by atoms with van der Waals surface area (Å²) in [5.41, 5.74) is 5.19. The summed E-state index contributed by atoms with van der Waals surface area (Å²) in [6.07, 6.45) is -9.47. The zero-order chi connectivity index (χ0) is 57.7. The number of amides is 8. The van der Waals surface area contributed by atoms with Crippen LogP contribution in [0.4, 0.5) is 0 Å². The van der Waals surface area contributed by atoms with Gasteiger partial charge in [0.15, 0.2) is 6.23 Å². The highest BCUT2D eigenvalue weighted by atomic mass is 16.3. The van der Waals surface area contributed by atoms with Gasteiger partial charge in [-0.25, -0.2) is 0 Å². The van der Waals surface area contributed by atoms with Crippen molar-refractivity contribution in [1.29, 1.82) is 0 Å². The minimum atomic E-state index is -2.32. The molecule has 2 aliphatic rings. The lowest BCUT2D eigenvalue weighted by molar-refractivity contribution is -0.146. The fourth-order valence-corrected chi connectivity index (χ4v) is 9.60. The number of nitrogens with zero attached hydrogens (tertiary/aromatic N) is 1. The summed E-state index contributed by atoms with van der Waals surface area (Å²) in [6.45, 7) is 8.27. The van der Waals surface area contributed by atoms with Gasteiger partial charge in [0.05, 0.1) is 36.8 Å². The summed E-state index contributed by atoms with van der Waals surface area (Å²) in [7, 11) is 0. The van der Waals surface area contributed by atoms with E-state index in [1.165, 1.54) is 25.5 Å². The number of aliphatic hydroxyl groups excluding tert-OH is 8. The summed E-state index contributed by atoms with van der Waals surface area (Å²) < 4.78 is 0. The van der Waals surface area contributed by atoms with Crippen molar-refractivity contribution >= 4 is 47.3 Å². The zero-order valence-electron chi connectivity index (χ0n) is 44.9. The molecular weight excluding hydrogens is 1010 g/mol. The number of carbonyl (C=O) groups excluding carboxylic acids is 8. The molecular formula is C52H86N8O17. The number of benzene rings is 1. The van der Waals surface area contributed by atoms with Crippen LogP contribution in [-0.4, -0.2) is 184 Å². The topological polar surface area (TPSA) is 420 Å². The van der Waals surface area contributed by atoms with Gasteiger partial charge in [0.1, 0.15) is 54.3 Å². The first kappa shape index (κ1) is 65.7. The van der Waals surface area contributed by atoms with E-state index in [2.05, 4.69) is 52.7 Å². The van der Waals surface area contributed by atoms with Gasteiger partial charge in [-0.3, -0.25) is 38.4 Å². The molecule has 2 saturated heterocycles. The van der Waals surface area contributed by atoms with Crippen LogP contribution in [0.2, 0.25) is 0 Å². The standard InChI is InChI=1S/C52H86N8O17/c1-6-27(3)22-28(4)14-12-10-8-9-11-13-15-40(68)55-34-24-38(66)49(74)59-46(71)33(7-2)36(64)20-21-54-50(75)42(37(65)25-39(53)67)57-51(76)43(45(70)44(69)30-16-18-31(62)19-17-30)58-48(73)35-23-32(63)26-60(35)52(77)41(29(5)61)56-47(34)72/h16-19,27-29,32-38,41-45,49,61-66,69-70,74H,6-15,20-26H2,1-5H3,(H2,53,67)(H,54,75)(H,55,68)(H,56,72)(H,57,76)(H,58,73)(H,59,71)/t27?,28?,29-,32-,33+,34+,35+,36+,37-,38-,41+,42+,43+,44+,45+,49-/m1/s1. The van der Waals surface area contributed by atoms with E-state index in [9.17, 15) is 84.3 Å². The van der Waals surface area contributed by atoms with Crippen molar-refractivity contribution in [3.63, 3.8) is 0 Å². The van der Waals surface area contributed by atoms with E-state index < -0.39 is 165 Å². The fraction of sp³-hybridized carbons (Fsp3) is 0.731. The number of nitrogens with one attached hydrogen (secondary N) is 6. The molecule has 2 heterocycles. The van der Waals surface area contributed by atoms with E-state index in [4.69, 9.17) is 5.73 Å². The molecule has 3 rings (SSSR count). The minimum absolute atomic E-state index is 0.0584. The van der Waals surface area contributed by atoms with E-state index in [0.717, 1.165) is 62.5 Å². The summed E-state index contributed by atoms with van der Waals surface area (Å²) in [4.78, 5) is 110. The average molecular weight is 1100 g/mol. The molecule has 0 saturated carbocycles. The Bertz CT molecular complexity index is 2090. The van der Waals surface area contributed by atoms with Crippen molar-refractivity contribution in [3.05, 3.63) is 29.8 Å². The Morgan fingerprint density at radius 1 is 0.727 bits per heavy atom. The van der Waals surface area contributed by atoms with Gasteiger partial charge in [-0.05, 0) is 62.1 Å². The number of phenols is 1. The number of hydrogen-bond acceptors (Lipinski definition) is 17. The van der Waals surface area contributed by atoms with Crippen molar-refractivity contribution in [2.24, 2.45) is 23.5 Å². The normalized spacial score (nSPS) is 28.2. The highest BCUT2D eigenvalue weighted by Crippen LogP contribution is 2.26. The summed E-state index contributed by atoms with van der Waals surface area (Å²) in [5.74, 6) is -9.24. The van der Waals surface area contributed by atoms with E-state index in [1.807, 2.05) is 0 Å². The molecule has 25 nitrogen and oxygen atoms in total. The second-order valence-corrected chi connectivity index (χ2v) is 20.9. The van der Waals surface area contributed by atoms with Crippen molar-refractivity contribution < 1.29 is 84.3 Å².